The van der Waals surface area contributed by atoms with Crippen LogP contribution in [0.4, 0.5) is 5.69 Å². The van der Waals surface area contributed by atoms with Gasteiger partial charge in [0.25, 0.3) is 0 Å². The van der Waals surface area contributed by atoms with Gasteiger partial charge in [-0.05, 0) is 52.0 Å². The van der Waals surface area contributed by atoms with Gasteiger partial charge >= 0.3 is 0 Å². The standard InChI is InChI=1S/C23H28N4O2S/c1-5-26-22(18(4)29-20-14-10-7-11-15-20)24-25-23(26)30-16-21(28)27(17(2)3)19-12-8-6-9-13-19/h6-15,17-18H,5,16H2,1-4H3/t18-/m1/s1. The molecular weight excluding hydrogens is 396 g/mol. The molecule has 3 aromatic rings. The van der Waals surface area contributed by atoms with Crippen LogP contribution in [0.25, 0.3) is 0 Å². The number of thioether (sulfide) groups is 1. The Morgan fingerprint density at radius 2 is 1.67 bits per heavy atom. The second-order valence-electron chi connectivity index (χ2n) is 7.14. The molecular formula is C23H28N4O2S. The molecule has 0 radical (unpaired) electrons. The van der Waals surface area contributed by atoms with Crippen LogP contribution in [0.1, 0.15) is 39.6 Å². The number of rotatable bonds is 9. The fourth-order valence-corrected chi connectivity index (χ4v) is 4.14. The van der Waals surface area contributed by atoms with Crippen LogP contribution in [-0.2, 0) is 11.3 Å². The lowest BCUT2D eigenvalue weighted by Crippen LogP contribution is -2.38. The number of amides is 1. The van der Waals surface area contributed by atoms with Crippen molar-refractivity contribution in [1.29, 1.82) is 0 Å². The van der Waals surface area contributed by atoms with Crippen molar-refractivity contribution in [2.75, 3.05) is 10.7 Å². The number of benzene rings is 2. The summed E-state index contributed by atoms with van der Waals surface area (Å²) in [6.07, 6.45) is -0.249. The molecule has 0 N–H and O–H groups in total. The van der Waals surface area contributed by atoms with Gasteiger partial charge in [-0.3, -0.25) is 4.79 Å². The molecule has 0 saturated heterocycles. The van der Waals surface area contributed by atoms with E-state index in [4.69, 9.17) is 4.74 Å². The lowest BCUT2D eigenvalue weighted by Gasteiger charge is -2.26. The zero-order valence-corrected chi connectivity index (χ0v) is 18.7. The van der Waals surface area contributed by atoms with Gasteiger partial charge in [-0.25, -0.2) is 0 Å². The number of para-hydroxylation sites is 2. The highest BCUT2D eigenvalue weighted by atomic mass is 32.2. The van der Waals surface area contributed by atoms with Crippen molar-refractivity contribution in [3.63, 3.8) is 0 Å². The predicted octanol–water partition coefficient (Wildman–Crippen LogP) is 4.97. The number of hydrogen-bond donors (Lipinski definition) is 0. The fourth-order valence-electron chi connectivity index (χ4n) is 3.28. The number of carbonyl (C=O) groups excluding carboxylic acids is 1. The Labute approximate surface area is 182 Å². The first kappa shape index (κ1) is 21.9. The lowest BCUT2D eigenvalue weighted by molar-refractivity contribution is -0.116. The Morgan fingerprint density at radius 3 is 2.27 bits per heavy atom. The van der Waals surface area contributed by atoms with Gasteiger partial charge in [0.2, 0.25) is 5.91 Å². The predicted molar refractivity (Wildman–Crippen MR) is 121 cm³/mol. The third kappa shape index (κ3) is 5.21. The first-order valence-electron chi connectivity index (χ1n) is 10.2. The van der Waals surface area contributed by atoms with E-state index in [0.717, 1.165) is 22.4 Å². The summed E-state index contributed by atoms with van der Waals surface area (Å²) in [6, 6.07) is 19.5. The second kappa shape index (κ2) is 10.3. The second-order valence-corrected chi connectivity index (χ2v) is 8.08. The van der Waals surface area contributed by atoms with Gasteiger partial charge in [0.05, 0.1) is 5.75 Å². The van der Waals surface area contributed by atoms with Crippen molar-refractivity contribution >= 4 is 23.4 Å². The van der Waals surface area contributed by atoms with Crippen molar-refractivity contribution in [2.24, 2.45) is 0 Å². The molecule has 1 heterocycles. The van der Waals surface area contributed by atoms with Crippen LogP contribution in [0.3, 0.4) is 0 Å². The Morgan fingerprint density at radius 1 is 1.03 bits per heavy atom. The highest BCUT2D eigenvalue weighted by molar-refractivity contribution is 7.99. The van der Waals surface area contributed by atoms with E-state index in [1.807, 2.05) is 97.8 Å². The number of ether oxygens (including phenoxy) is 1. The maximum absolute atomic E-state index is 13.0. The van der Waals surface area contributed by atoms with Gasteiger partial charge in [0.1, 0.15) is 5.75 Å². The normalized spacial score (nSPS) is 12.0. The Bertz CT molecular complexity index is 944. The molecule has 7 heteroatoms. The minimum absolute atomic E-state index is 0.0435. The minimum Gasteiger partial charge on any atom is -0.483 e. The van der Waals surface area contributed by atoms with Gasteiger partial charge in [-0.2, -0.15) is 0 Å². The van der Waals surface area contributed by atoms with Crippen molar-refractivity contribution in [3.8, 4) is 5.75 Å². The number of anilines is 1. The molecule has 0 saturated carbocycles. The van der Waals surface area contributed by atoms with Crippen LogP contribution in [0.2, 0.25) is 0 Å². The molecule has 158 valence electrons. The zero-order valence-electron chi connectivity index (χ0n) is 17.9. The number of nitrogens with zero attached hydrogens (tertiary/aromatic N) is 4. The monoisotopic (exact) mass is 424 g/mol. The molecule has 1 atom stereocenters. The summed E-state index contributed by atoms with van der Waals surface area (Å²) in [5.74, 6) is 1.87. The molecule has 0 fully saturated rings. The summed E-state index contributed by atoms with van der Waals surface area (Å²) in [7, 11) is 0. The van der Waals surface area contributed by atoms with Crippen molar-refractivity contribution in [1.82, 2.24) is 14.8 Å². The third-order valence-electron chi connectivity index (χ3n) is 4.63. The third-order valence-corrected chi connectivity index (χ3v) is 5.58. The first-order valence-corrected chi connectivity index (χ1v) is 11.1. The Kier molecular flexibility index (Phi) is 7.52. The van der Waals surface area contributed by atoms with E-state index in [2.05, 4.69) is 10.2 Å². The van der Waals surface area contributed by atoms with Gasteiger partial charge < -0.3 is 14.2 Å². The summed E-state index contributed by atoms with van der Waals surface area (Å²) in [6.45, 7) is 8.74. The quantitative estimate of drug-likeness (QED) is 0.454. The maximum atomic E-state index is 13.0. The smallest absolute Gasteiger partial charge is 0.237 e. The van der Waals surface area contributed by atoms with Crippen molar-refractivity contribution in [3.05, 3.63) is 66.5 Å². The molecule has 1 amide bonds. The largest absolute Gasteiger partial charge is 0.483 e. The van der Waals surface area contributed by atoms with Crippen molar-refractivity contribution in [2.45, 2.75) is 51.5 Å². The van der Waals surface area contributed by atoms with Crippen LogP contribution in [0.15, 0.2) is 65.8 Å². The average Bonchev–Trinajstić information content (AvgIpc) is 3.16. The molecule has 3 rings (SSSR count). The molecule has 0 aliphatic carbocycles. The van der Waals surface area contributed by atoms with Crippen LogP contribution < -0.4 is 9.64 Å². The van der Waals surface area contributed by atoms with Crippen molar-refractivity contribution < 1.29 is 9.53 Å². The average molecular weight is 425 g/mol. The summed E-state index contributed by atoms with van der Waals surface area (Å²) in [4.78, 5) is 14.8. The zero-order chi connectivity index (χ0) is 21.5. The SMILES string of the molecule is CCn1c(SCC(=O)N(c2ccccc2)C(C)C)nnc1[C@@H](C)Oc1ccccc1. The summed E-state index contributed by atoms with van der Waals surface area (Å²) >= 11 is 1.41. The van der Waals surface area contributed by atoms with Gasteiger partial charge in [0, 0.05) is 18.3 Å². The van der Waals surface area contributed by atoms with Gasteiger partial charge in [-0.15, -0.1) is 10.2 Å². The van der Waals surface area contributed by atoms with E-state index in [9.17, 15) is 4.79 Å². The summed E-state index contributed by atoms with van der Waals surface area (Å²) < 4.78 is 8.01. The van der Waals surface area contributed by atoms with Gasteiger partial charge in [-0.1, -0.05) is 48.2 Å². The molecule has 6 nitrogen and oxygen atoms in total. The highest BCUT2D eigenvalue weighted by Gasteiger charge is 2.22. The van der Waals surface area contributed by atoms with Crippen LogP contribution in [-0.4, -0.2) is 32.5 Å². The molecule has 0 aliphatic rings. The Balaban J connectivity index is 1.70. The summed E-state index contributed by atoms with van der Waals surface area (Å²) in [5, 5.41) is 9.39. The van der Waals surface area contributed by atoms with E-state index in [1.54, 1.807) is 0 Å². The number of hydrogen-bond acceptors (Lipinski definition) is 5. The molecule has 1 aromatic heterocycles. The molecule has 0 aliphatic heterocycles. The number of aromatic nitrogens is 3. The maximum Gasteiger partial charge on any atom is 0.237 e. The minimum atomic E-state index is -0.249. The summed E-state index contributed by atoms with van der Waals surface area (Å²) in [5.41, 5.74) is 0.903. The van der Waals surface area contributed by atoms with Crippen LogP contribution in [0.5, 0.6) is 5.75 Å². The molecule has 0 bridgehead atoms. The molecule has 0 spiro atoms. The molecule has 2 aromatic carbocycles. The Hall–Kier alpha value is -2.80. The molecule has 0 unspecified atom stereocenters. The highest BCUT2D eigenvalue weighted by Crippen LogP contribution is 2.25. The van der Waals surface area contributed by atoms with E-state index in [0.29, 0.717) is 12.3 Å². The molecule has 30 heavy (non-hydrogen) atoms. The first-order chi connectivity index (χ1) is 14.5. The van der Waals surface area contributed by atoms with E-state index < -0.39 is 0 Å². The van der Waals surface area contributed by atoms with Crippen LogP contribution >= 0.6 is 11.8 Å². The lowest BCUT2D eigenvalue weighted by atomic mass is 10.2. The number of carbonyl (C=O) groups is 1. The topological polar surface area (TPSA) is 60.2 Å². The van der Waals surface area contributed by atoms with Crippen LogP contribution in [0, 0.1) is 0 Å². The van der Waals surface area contributed by atoms with E-state index in [-0.39, 0.29) is 18.1 Å². The van der Waals surface area contributed by atoms with E-state index in [1.165, 1.54) is 11.8 Å². The van der Waals surface area contributed by atoms with Gasteiger partial charge in [0.15, 0.2) is 17.1 Å². The van der Waals surface area contributed by atoms with E-state index >= 15 is 0 Å². The fraction of sp³-hybridized carbons (Fsp3) is 0.348.